The Bertz CT molecular complexity index is 119. The zero-order valence-electron chi connectivity index (χ0n) is 5.89. The van der Waals surface area contributed by atoms with E-state index in [9.17, 15) is 0 Å². The minimum atomic E-state index is 0. The summed E-state index contributed by atoms with van der Waals surface area (Å²) < 4.78 is 0. The molecule has 0 fully saturated rings. The van der Waals surface area contributed by atoms with Gasteiger partial charge in [-0.25, -0.2) is 11.6 Å². The molecule has 10 heavy (non-hydrogen) atoms. The molecule has 0 bridgehead atoms. The predicted molar refractivity (Wildman–Crippen MR) is 61.6 cm³/mol. The molecule has 0 aliphatic heterocycles. The van der Waals surface area contributed by atoms with Crippen LogP contribution in [0.15, 0.2) is 17.7 Å². The molecule has 0 saturated carbocycles. The average molecular weight is 440 g/mol. The van der Waals surface area contributed by atoms with Gasteiger partial charge in [0.25, 0.3) is 0 Å². The number of halogens is 2. The van der Waals surface area contributed by atoms with E-state index in [0.717, 1.165) is 12.8 Å². The van der Waals surface area contributed by atoms with Crippen molar-refractivity contribution in [3.63, 3.8) is 0 Å². The fourth-order valence-electron chi connectivity index (χ4n) is 0.693. The average Bonchev–Trinajstić information content (AvgIpc) is 2.14. The first-order chi connectivity index (χ1) is 3.43. The van der Waals surface area contributed by atoms with Crippen molar-refractivity contribution in [3.8, 4) is 0 Å². The van der Waals surface area contributed by atoms with Crippen LogP contribution in [0.5, 0.6) is 0 Å². The van der Waals surface area contributed by atoms with Gasteiger partial charge in [-0.15, -0.1) is 54.4 Å². The van der Waals surface area contributed by atoms with Crippen LogP contribution < -0.4 is 0 Å². The smallest absolute Gasteiger partial charge is 0 e. The van der Waals surface area contributed by atoms with Crippen LogP contribution in [0.2, 0.25) is 0 Å². The molecule has 0 radical (unpaired) electrons. The van der Waals surface area contributed by atoms with E-state index in [4.69, 9.17) is 0 Å². The molecule has 1 aliphatic carbocycles. The van der Waals surface area contributed by atoms with Crippen molar-refractivity contribution in [2.45, 2.75) is 19.8 Å². The Labute approximate surface area is 116 Å². The molecule has 0 saturated heterocycles. The molecule has 1 rings (SSSR count). The Morgan fingerprint density at radius 2 is 2.10 bits per heavy atom. The molecule has 1 aliphatic rings. The molecule has 0 aromatic heterocycles. The molecule has 0 spiro atoms. The summed E-state index contributed by atoms with van der Waals surface area (Å²) in [5.74, 6) is 0. The summed E-state index contributed by atoms with van der Waals surface area (Å²) in [7, 11) is 0. The van der Waals surface area contributed by atoms with Crippen molar-refractivity contribution in [2.75, 3.05) is 0 Å². The molecule has 0 atom stereocenters. The summed E-state index contributed by atoms with van der Waals surface area (Å²) in [6, 6.07) is 0. The van der Waals surface area contributed by atoms with Crippen LogP contribution in [0.25, 0.3) is 0 Å². The first kappa shape index (κ1) is 17.8. The van der Waals surface area contributed by atoms with Gasteiger partial charge < -0.3 is 0 Å². The minimum Gasteiger partial charge on any atom is -0.270 e. The molecule has 0 amide bonds. The maximum atomic E-state index is 3.21. The SMILES string of the molecule is CCC1=[C-]CC=C1.I.I.[Zr]. The summed E-state index contributed by atoms with van der Waals surface area (Å²) in [6.45, 7) is 2.15. The van der Waals surface area contributed by atoms with E-state index in [1.807, 2.05) is 0 Å². The number of hydrogen-bond donors (Lipinski definition) is 0. The topological polar surface area (TPSA) is 0 Å². The van der Waals surface area contributed by atoms with Crippen molar-refractivity contribution >= 4 is 48.0 Å². The van der Waals surface area contributed by atoms with Gasteiger partial charge in [-0.05, 0) is 0 Å². The van der Waals surface area contributed by atoms with Crippen molar-refractivity contribution in [2.24, 2.45) is 0 Å². The number of hydrogen-bond acceptors (Lipinski definition) is 0. The second-order valence-corrected chi connectivity index (χ2v) is 1.66. The maximum absolute atomic E-state index is 3.21. The zero-order valence-corrected chi connectivity index (χ0v) is 13.0. The van der Waals surface area contributed by atoms with Gasteiger partial charge in [-0.3, -0.25) is 6.08 Å². The standard InChI is InChI=1S/C7H9.2HI.Zr/c1-2-7-5-3-4-6-7;;;/h3,5H,2,4H2,1H3;2*1H;/q-1;;;. The van der Waals surface area contributed by atoms with Crippen LogP contribution >= 0.6 is 48.0 Å². The van der Waals surface area contributed by atoms with E-state index in [2.05, 4.69) is 25.2 Å². The van der Waals surface area contributed by atoms with Crippen molar-refractivity contribution in [3.05, 3.63) is 23.8 Å². The van der Waals surface area contributed by atoms with Crippen LogP contribution in [-0.4, -0.2) is 0 Å². The number of allylic oxidation sites excluding steroid dienone is 4. The Hall–Kier alpha value is 1.82. The molecule has 0 N–H and O–H groups in total. The second kappa shape index (κ2) is 10.8. The Morgan fingerprint density at radius 3 is 2.30 bits per heavy atom. The van der Waals surface area contributed by atoms with Gasteiger partial charge in [0, 0.05) is 26.2 Å². The molecule has 0 aromatic rings. The van der Waals surface area contributed by atoms with E-state index in [1.165, 1.54) is 5.57 Å². The summed E-state index contributed by atoms with van der Waals surface area (Å²) in [5, 5.41) is 0. The van der Waals surface area contributed by atoms with E-state index in [1.54, 1.807) is 0 Å². The minimum absolute atomic E-state index is 0. The van der Waals surface area contributed by atoms with Gasteiger partial charge >= 0.3 is 0 Å². The molecule has 0 nitrogen and oxygen atoms in total. The fourth-order valence-corrected chi connectivity index (χ4v) is 0.693. The van der Waals surface area contributed by atoms with Gasteiger partial charge in [0.2, 0.25) is 0 Å². The first-order valence-corrected chi connectivity index (χ1v) is 2.69. The molecule has 58 valence electrons. The fraction of sp³-hybridized carbons (Fsp3) is 0.429. The summed E-state index contributed by atoms with van der Waals surface area (Å²) in [4.78, 5) is 0. The quantitative estimate of drug-likeness (QED) is 0.434. The third-order valence-corrected chi connectivity index (χ3v) is 1.15. The molecular weight excluding hydrogens is 429 g/mol. The normalized spacial score (nSPS) is 12.3. The third-order valence-electron chi connectivity index (χ3n) is 1.15. The van der Waals surface area contributed by atoms with Gasteiger partial charge in [-0.1, -0.05) is 13.3 Å². The molecule has 3 heteroatoms. The summed E-state index contributed by atoms with van der Waals surface area (Å²) in [6.07, 6.45) is 9.65. The Kier molecular flexibility index (Phi) is 19.3. The molecule has 0 unspecified atom stereocenters. The second-order valence-electron chi connectivity index (χ2n) is 1.66. The van der Waals surface area contributed by atoms with Crippen LogP contribution in [0.1, 0.15) is 19.8 Å². The summed E-state index contributed by atoms with van der Waals surface area (Å²) >= 11 is 0. The predicted octanol–water partition coefficient (Wildman–Crippen LogP) is 3.32. The maximum Gasteiger partial charge on any atom is 0 e. The molecule has 0 aromatic carbocycles. The largest absolute Gasteiger partial charge is 0.270 e. The Morgan fingerprint density at radius 1 is 1.50 bits per heavy atom. The molecule has 0 heterocycles. The van der Waals surface area contributed by atoms with Crippen LogP contribution in [-0.2, 0) is 26.2 Å². The van der Waals surface area contributed by atoms with E-state index < -0.39 is 0 Å². The van der Waals surface area contributed by atoms with Gasteiger partial charge in [0.15, 0.2) is 0 Å². The molecular formula is C7H11I2Zr-. The van der Waals surface area contributed by atoms with Crippen LogP contribution in [0.3, 0.4) is 0 Å². The van der Waals surface area contributed by atoms with Gasteiger partial charge in [-0.2, -0.15) is 6.08 Å². The first-order valence-electron chi connectivity index (χ1n) is 2.69. The van der Waals surface area contributed by atoms with Crippen molar-refractivity contribution in [1.82, 2.24) is 0 Å². The third kappa shape index (κ3) is 6.53. The van der Waals surface area contributed by atoms with E-state index in [0.29, 0.717) is 0 Å². The van der Waals surface area contributed by atoms with Crippen molar-refractivity contribution < 1.29 is 26.2 Å². The van der Waals surface area contributed by atoms with Crippen LogP contribution in [0, 0.1) is 6.08 Å². The summed E-state index contributed by atoms with van der Waals surface area (Å²) in [5.41, 5.74) is 1.36. The van der Waals surface area contributed by atoms with Gasteiger partial charge in [0.05, 0.1) is 0 Å². The Balaban J connectivity index is -0.000000163. The number of rotatable bonds is 1. The van der Waals surface area contributed by atoms with E-state index in [-0.39, 0.29) is 74.2 Å². The zero-order chi connectivity index (χ0) is 5.11. The van der Waals surface area contributed by atoms with Gasteiger partial charge in [0.1, 0.15) is 0 Å². The monoisotopic (exact) mass is 439 g/mol. The van der Waals surface area contributed by atoms with E-state index >= 15 is 0 Å². The van der Waals surface area contributed by atoms with Crippen LogP contribution in [0.4, 0.5) is 0 Å². The van der Waals surface area contributed by atoms with Crippen molar-refractivity contribution in [1.29, 1.82) is 0 Å².